The van der Waals surface area contributed by atoms with Gasteiger partial charge < -0.3 is 25.5 Å². The molecule has 0 spiro atoms. The predicted molar refractivity (Wildman–Crippen MR) is 178 cm³/mol. The number of aliphatic hydroxyl groups is 1. The summed E-state index contributed by atoms with van der Waals surface area (Å²) < 4.78 is 0. The molecule has 3 aromatic rings. The molecule has 2 saturated heterocycles. The number of hydrogen-bond acceptors (Lipinski definition) is 7. The number of aromatic nitrogens is 1. The first-order chi connectivity index (χ1) is 21.4. The minimum absolute atomic E-state index is 0.0363. The Kier molecular flexibility index (Phi) is 9.94. The molecule has 240 valence electrons. The maximum atomic E-state index is 14.0. The van der Waals surface area contributed by atoms with Crippen molar-refractivity contribution in [2.75, 3.05) is 24.5 Å². The smallest absolute Gasteiger partial charge is 0.246 e. The van der Waals surface area contributed by atoms with Gasteiger partial charge in [0, 0.05) is 31.7 Å². The standard InChI is InChI=1S/C35H45N5O4S/c1-22(25-10-12-26(13-11-25)31-23(2)36-21-45-31)37-33(43)29-19-28(41)20-40(29)34(44)32(35(3,4)5)38-30(42)18-24-8-14-27(15-9-24)39-16-6-7-17-39/h8-15,21-22,28-29,32,41H,6-7,16-20H2,1-5H3,(H,37,43)(H,38,42)/t22-,28+,29-,32?/m0/s1. The summed E-state index contributed by atoms with van der Waals surface area (Å²) in [6.45, 7) is 11.7. The van der Waals surface area contributed by atoms with Gasteiger partial charge in [0.15, 0.2) is 0 Å². The van der Waals surface area contributed by atoms with Crippen LogP contribution in [0.3, 0.4) is 0 Å². The molecule has 3 heterocycles. The summed E-state index contributed by atoms with van der Waals surface area (Å²) >= 11 is 1.59. The first-order valence-corrected chi connectivity index (χ1v) is 16.7. The Bertz CT molecular complexity index is 1490. The fraction of sp³-hybridized carbons (Fsp3) is 0.486. The normalized spacial score (nSPS) is 19.8. The van der Waals surface area contributed by atoms with Crippen LogP contribution in [0.25, 0.3) is 10.4 Å². The molecular formula is C35H45N5O4S. The average molecular weight is 632 g/mol. The van der Waals surface area contributed by atoms with Gasteiger partial charge >= 0.3 is 0 Å². The number of nitrogens with one attached hydrogen (secondary N) is 2. The van der Waals surface area contributed by atoms with Crippen LogP contribution in [0.15, 0.2) is 54.0 Å². The zero-order chi connectivity index (χ0) is 32.3. The Morgan fingerprint density at radius 3 is 2.29 bits per heavy atom. The van der Waals surface area contributed by atoms with Crippen molar-refractivity contribution in [2.24, 2.45) is 5.41 Å². The van der Waals surface area contributed by atoms with Gasteiger partial charge in [0.25, 0.3) is 0 Å². The number of aliphatic hydroxyl groups excluding tert-OH is 1. The molecule has 2 aromatic carbocycles. The molecule has 45 heavy (non-hydrogen) atoms. The highest BCUT2D eigenvalue weighted by atomic mass is 32.1. The van der Waals surface area contributed by atoms with E-state index >= 15 is 0 Å². The number of carbonyl (C=O) groups is 3. The van der Waals surface area contributed by atoms with Crippen LogP contribution in [-0.2, 0) is 20.8 Å². The summed E-state index contributed by atoms with van der Waals surface area (Å²) in [7, 11) is 0. The van der Waals surface area contributed by atoms with Gasteiger partial charge in [-0.1, -0.05) is 57.2 Å². The highest BCUT2D eigenvalue weighted by Gasteiger charge is 2.44. The van der Waals surface area contributed by atoms with Crippen LogP contribution >= 0.6 is 11.3 Å². The van der Waals surface area contributed by atoms with Gasteiger partial charge in [-0.05, 0) is 60.9 Å². The second kappa shape index (κ2) is 13.7. The van der Waals surface area contributed by atoms with E-state index in [1.165, 1.54) is 17.7 Å². The quantitative estimate of drug-likeness (QED) is 0.317. The monoisotopic (exact) mass is 631 g/mol. The van der Waals surface area contributed by atoms with Crippen LogP contribution in [0.5, 0.6) is 0 Å². The fourth-order valence-corrected chi connectivity index (χ4v) is 7.02. The lowest BCUT2D eigenvalue weighted by atomic mass is 9.85. The van der Waals surface area contributed by atoms with Crippen LogP contribution < -0.4 is 15.5 Å². The lowest BCUT2D eigenvalue weighted by Crippen LogP contribution is -2.58. The van der Waals surface area contributed by atoms with Crippen molar-refractivity contribution >= 4 is 34.7 Å². The number of aryl methyl sites for hydroxylation is 1. The minimum Gasteiger partial charge on any atom is -0.391 e. The molecule has 0 aliphatic carbocycles. The summed E-state index contributed by atoms with van der Waals surface area (Å²) in [6.07, 6.45) is 1.86. The molecule has 2 aliphatic rings. The molecular weight excluding hydrogens is 586 g/mol. The van der Waals surface area contributed by atoms with E-state index in [2.05, 4.69) is 20.5 Å². The van der Waals surface area contributed by atoms with Crippen molar-refractivity contribution in [1.82, 2.24) is 20.5 Å². The predicted octanol–water partition coefficient (Wildman–Crippen LogP) is 4.63. The SMILES string of the molecule is Cc1ncsc1-c1ccc([C@H](C)NC(=O)[C@@H]2C[C@@H](O)CN2C(=O)C(NC(=O)Cc2ccc(N3CCCC3)cc2)C(C)(C)C)cc1. The Hall–Kier alpha value is -3.76. The molecule has 3 amide bonds. The fourth-order valence-electron chi connectivity index (χ4n) is 6.21. The van der Waals surface area contributed by atoms with E-state index in [4.69, 9.17) is 0 Å². The molecule has 9 nitrogen and oxygen atoms in total. The van der Waals surface area contributed by atoms with Crippen molar-refractivity contribution in [2.45, 2.75) is 84.5 Å². The first-order valence-electron chi connectivity index (χ1n) is 15.8. The van der Waals surface area contributed by atoms with E-state index in [1.807, 2.05) is 88.7 Å². The summed E-state index contributed by atoms with van der Waals surface area (Å²) in [5, 5.41) is 16.6. The minimum atomic E-state index is -0.866. The molecule has 4 atom stereocenters. The van der Waals surface area contributed by atoms with Gasteiger partial charge in [-0.2, -0.15) is 0 Å². The van der Waals surface area contributed by atoms with E-state index < -0.39 is 23.6 Å². The van der Waals surface area contributed by atoms with E-state index in [-0.39, 0.29) is 43.1 Å². The molecule has 0 bridgehead atoms. The summed E-state index contributed by atoms with van der Waals surface area (Å²) in [5.41, 5.74) is 6.22. The number of amides is 3. The van der Waals surface area contributed by atoms with Gasteiger partial charge in [-0.3, -0.25) is 14.4 Å². The van der Waals surface area contributed by atoms with Crippen LogP contribution in [-0.4, -0.2) is 70.5 Å². The highest BCUT2D eigenvalue weighted by molar-refractivity contribution is 7.13. The number of benzene rings is 2. The van der Waals surface area contributed by atoms with E-state index in [1.54, 1.807) is 11.3 Å². The Morgan fingerprint density at radius 1 is 1.02 bits per heavy atom. The Labute approximate surface area is 270 Å². The molecule has 5 rings (SSSR count). The van der Waals surface area contributed by atoms with E-state index in [0.29, 0.717) is 0 Å². The number of rotatable bonds is 9. The topological polar surface area (TPSA) is 115 Å². The maximum Gasteiger partial charge on any atom is 0.246 e. The molecule has 3 N–H and O–H groups in total. The van der Waals surface area contributed by atoms with Gasteiger partial charge in [0.1, 0.15) is 12.1 Å². The third-order valence-corrected chi connectivity index (χ3v) is 9.81. The number of thiazole rings is 1. The van der Waals surface area contributed by atoms with Crippen molar-refractivity contribution in [1.29, 1.82) is 0 Å². The summed E-state index contributed by atoms with van der Waals surface area (Å²) in [6, 6.07) is 14.0. The molecule has 2 aliphatic heterocycles. The zero-order valence-corrected chi connectivity index (χ0v) is 27.7. The maximum absolute atomic E-state index is 14.0. The average Bonchev–Trinajstić information content (AvgIpc) is 3.77. The number of anilines is 1. The van der Waals surface area contributed by atoms with E-state index in [0.717, 1.165) is 46.0 Å². The zero-order valence-electron chi connectivity index (χ0n) is 26.9. The van der Waals surface area contributed by atoms with E-state index in [9.17, 15) is 19.5 Å². The molecule has 1 unspecified atom stereocenters. The number of likely N-dealkylation sites (tertiary alicyclic amines) is 1. The molecule has 1 aromatic heterocycles. The number of β-amino-alcohol motifs (C(OH)–C–C–N with tert-alkyl or cyclic N) is 1. The third-order valence-electron chi connectivity index (χ3n) is 8.83. The second-order valence-corrected chi connectivity index (χ2v) is 14.3. The van der Waals surface area contributed by atoms with Crippen LogP contribution in [0.2, 0.25) is 0 Å². The third kappa shape index (κ3) is 7.73. The van der Waals surface area contributed by atoms with Crippen molar-refractivity contribution in [3.63, 3.8) is 0 Å². The van der Waals surface area contributed by atoms with Gasteiger partial charge in [0.2, 0.25) is 17.7 Å². The first kappa shape index (κ1) is 32.6. The van der Waals surface area contributed by atoms with Crippen molar-refractivity contribution < 1.29 is 19.5 Å². The van der Waals surface area contributed by atoms with Crippen LogP contribution in [0.1, 0.15) is 69.8 Å². The van der Waals surface area contributed by atoms with Gasteiger partial charge in [0.05, 0.1) is 34.6 Å². The van der Waals surface area contributed by atoms with Crippen LogP contribution in [0.4, 0.5) is 5.69 Å². The van der Waals surface area contributed by atoms with Gasteiger partial charge in [-0.15, -0.1) is 11.3 Å². The lowest BCUT2D eigenvalue weighted by molar-refractivity contribution is -0.144. The van der Waals surface area contributed by atoms with Crippen molar-refractivity contribution in [3.8, 4) is 10.4 Å². The second-order valence-electron chi connectivity index (χ2n) is 13.4. The lowest BCUT2D eigenvalue weighted by Gasteiger charge is -2.35. The number of carbonyl (C=O) groups excluding carboxylic acids is 3. The largest absolute Gasteiger partial charge is 0.391 e. The van der Waals surface area contributed by atoms with Crippen molar-refractivity contribution in [3.05, 3.63) is 70.9 Å². The summed E-state index contributed by atoms with van der Waals surface area (Å²) in [5.74, 6) is -0.954. The number of hydrogen-bond donors (Lipinski definition) is 3. The molecule has 0 radical (unpaired) electrons. The molecule has 0 saturated carbocycles. The van der Waals surface area contributed by atoms with Gasteiger partial charge in [-0.25, -0.2) is 4.98 Å². The molecule has 10 heteroatoms. The highest BCUT2D eigenvalue weighted by Crippen LogP contribution is 2.30. The Balaban J connectivity index is 1.23. The Morgan fingerprint density at radius 2 is 1.69 bits per heavy atom. The van der Waals surface area contributed by atoms with Crippen LogP contribution in [0, 0.1) is 12.3 Å². The molecule has 2 fully saturated rings. The summed E-state index contributed by atoms with van der Waals surface area (Å²) in [4.78, 5) is 49.9. The number of nitrogens with zero attached hydrogens (tertiary/aromatic N) is 3.